The van der Waals surface area contributed by atoms with Crippen LogP contribution in [0.15, 0.2) is 18.3 Å². The molecule has 2 saturated heterocycles. The van der Waals surface area contributed by atoms with Crippen molar-refractivity contribution in [2.75, 3.05) is 51.2 Å². The number of likely N-dealkylation sites (N-methyl/N-ethyl adjacent to an activating group) is 1. The van der Waals surface area contributed by atoms with Crippen LogP contribution in [0.4, 0.5) is 5.82 Å². The number of carbonyl (C=O) groups excluding carboxylic acids is 1. The summed E-state index contributed by atoms with van der Waals surface area (Å²) in [5, 5.41) is 2.00. The van der Waals surface area contributed by atoms with Gasteiger partial charge in [0.1, 0.15) is 5.82 Å². The maximum atomic E-state index is 12.4. The van der Waals surface area contributed by atoms with E-state index in [1.54, 1.807) is 12.3 Å². The maximum absolute atomic E-state index is 12.4. The molecule has 6 nitrogen and oxygen atoms in total. The van der Waals surface area contributed by atoms with Gasteiger partial charge in [-0.15, -0.1) is 0 Å². The minimum Gasteiger partial charge on any atom is -0.357 e. The van der Waals surface area contributed by atoms with Crippen LogP contribution < -0.4 is 10.3 Å². The van der Waals surface area contributed by atoms with Gasteiger partial charge in [-0.1, -0.05) is 0 Å². The molecule has 0 aliphatic carbocycles. The third-order valence-corrected chi connectivity index (χ3v) is 4.45. The number of aromatic nitrogens is 1. The predicted octanol–water partition coefficient (Wildman–Crippen LogP) is 0.964. The third kappa shape index (κ3) is 3.75. The van der Waals surface area contributed by atoms with Crippen LogP contribution in [0.2, 0.25) is 0 Å². The van der Waals surface area contributed by atoms with Crippen molar-refractivity contribution in [3.8, 4) is 0 Å². The lowest BCUT2D eigenvalue weighted by atomic mass is 10.1. The molecule has 1 N–H and O–H groups in total. The Hall–Kier alpha value is -1.66. The van der Waals surface area contributed by atoms with Crippen LogP contribution in [-0.2, 0) is 0 Å². The van der Waals surface area contributed by atoms with Crippen LogP contribution in [0.1, 0.15) is 29.6 Å². The van der Waals surface area contributed by atoms with Crippen molar-refractivity contribution < 1.29 is 4.79 Å². The highest BCUT2D eigenvalue weighted by Crippen LogP contribution is 2.18. The van der Waals surface area contributed by atoms with E-state index >= 15 is 0 Å². The first-order valence-corrected chi connectivity index (χ1v) is 8.18. The zero-order chi connectivity index (χ0) is 15.4. The predicted molar refractivity (Wildman–Crippen MR) is 86.8 cm³/mol. The number of piperidine rings is 1. The minimum absolute atomic E-state index is 0.0368. The first kappa shape index (κ1) is 15.2. The van der Waals surface area contributed by atoms with Crippen molar-refractivity contribution in [3.05, 3.63) is 23.9 Å². The zero-order valence-corrected chi connectivity index (χ0v) is 13.3. The number of rotatable bonds is 3. The maximum Gasteiger partial charge on any atom is 0.265 e. The summed E-state index contributed by atoms with van der Waals surface area (Å²) >= 11 is 0. The van der Waals surface area contributed by atoms with E-state index in [1.165, 1.54) is 19.3 Å². The summed E-state index contributed by atoms with van der Waals surface area (Å²) in [5.41, 5.74) is 3.70. The van der Waals surface area contributed by atoms with Gasteiger partial charge in [0.05, 0.1) is 0 Å². The van der Waals surface area contributed by atoms with Crippen LogP contribution in [0.25, 0.3) is 0 Å². The molecule has 0 spiro atoms. The summed E-state index contributed by atoms with van der Waals surface area (Å²) in [7, 11) is 2.10. The highest BCUT2D eigenvalue weighted by atomic mass is 16.2. The van der Waals surface area contributed by atoms with Gasteiger partial charge in [-0.2, -0.15) is 0 Å². The number of pyridine rings is 1. The summed E-state index contributed by atoms with van der Waals surface area (Å²) in [6, 6.07) is 3.70. The number of nitrogens with one attached hydrogen (secondary N) is 1. The molecule has 0 radical (unpaired) electrons. The summed E-state index contributed by atoms with van der Waals surface area (Å²) in [5.74, 6) is 0.885. The molecule has 3 rings (SSSR count). The molecule has 6 heteroatoms. The fourth-order valence-electron chi connectivity index (χ4n) is 2.98. The molecule has 22 heavy (non-hydrogen) atoms. The molecule has 1 aromatic heterocycles. The molecule has 2 aliphatic heterocycles. The van der Waals surface area contributed by atoms with Crippen molar-refractivity contribution in [1.82, 2.24) is 20.3 Å². The minimum atomic E-state index is -0.0368. The van der Waals surface area contributed by atoms with E-state index in [0.29, 0.717) is 5.56 Å². The fraction of sp³-hybridized carbons (Fsp3) is 0.625. The van der Waals surface area contributed by atoms with Gasteiger partial charge >= 0.3 is 0 Å². The van der Waals surface area contributed by atoms with E-state index in [9.17, 15) is 4.79 Å². The first-order chi connectivity index (χ1) is 10.7. The smallest absolute Gasteiger partial charge is 0.265 e. The van der Waals surface area contributed by atoms with E-state index in [2.05, 4.69) is 27.3 Å². The zero-order valence-electron chi connectivity index (χ0n) is 13.3. The second-order valence-corrected chi connectivity index (χ2v) is 6.18. The highest BCUT2D eigenvalue weighted by Gasteiger charge is 2.18. The number of hydrogen-bond acceptors (Lipinski definition) is 5. The van der Waals surface area contributed by atoms with Crippen molar-refractivity contribution in [2.45, 2.75) is 19.3 Å². The van der Waals surface area contributed by atoms with Crippen molar-refractivity contribution in [2.24, 2.45) is 0 Å². The molecular formula is C16H25N5O. The van der Waals surface area contributed by atoms with E-state index in [4.69, 9.17) is 0 Å². The molecule has 0 unspecified atom stereocenters. The monoisotopic (exact) mass is 303 g/mol. The second kappa shape index (κ2) is 7.07. The first-order valence-electron chi connectivity index (χ1n) is 8.18. The number of anilines is 1. The average Bonchev–Trinajstić information content (AvgIpc) is 2.58. The number of amides is 1. The molecule has 3 heterocycles. The van der Waals surface area contributed by atoms with Crippen LogP contribution >= 0.6 is 0 Å². The Morgan fingerprint density at radius 3 is 2.55 bits per heavy atom. The highest BCUT2D eigenvalue weighted by molar-refractivity contribution is 5.94. The molecule has 120 valence electrons. The van der Waals surface area contributed by atoms with Gasteiger partial charge in [-0.25, -0.2) is 9.99 Å². The Morgan fingerprint density at radius 2 is 1.82 bits per heavy atom. The number of piperazine rings is 1. The van der Waals surface area contributed by atoms with Gasteiger partial charge in [-0.05, 0) is 38.4 Å². The lowest BCUT2D eigenvalue weighted by Gasteiger charge is -2.32. The average molecular weight is 303 g/mol. The van der Waals surface area contributed by atoms with Crippen molar-refractivity contribution in [3.63, 3.8) is 0 Å². The molecule has 2 fully saturated rings. The van der Waals surface area contributed by atoms with Crippen LogP contribution in [0, 0.1) is 0 Å². The summed E-state index contributed by atoms with van der Waals surface area (Å²) < 4.78 is 0. The number of hydrogen-bond donors (Lipinski definition) is 1. The van der Waals surface area contributed by atoms with Gasteiger partial charge in [-0.3, -0.25) is 10.2 Å². The van der Waals surface area contributed by atoms with Crippen LogP contribution in [0.3, 0.4) is 0 Å². The fourth-order valence-corrected chi connectivity index (χ4v) is 2.98. The standard InChI is InChI=1S/C16H25N5O/c1-19-9-11-21(12-10-19)18-16(22)14-5-6-17-15(13-14)20-7-3-2-4-8-20/h5-6,13H,2-4,7-12H2,1H3,(H,18,22). The lowest BCUT2D eigenvalue weighted by molar-refractivity contribution is 0.0662. The van der Waals surface area contributed by atoms with E-state index in [1.807, 2.05) is 11.1 Å². The molecule has 0 bridgehead atoms. The molecule has 0 aromatic carbocycles. The summed E-state index contributed by atoms with van der Waals surface area (Å²) in [4.78, 5) is 21.4. The Morgan fingerprint density at radius 1 is 1.09 bits per heavy atom. The molecule has 2 aliphatic rings. The van der Waals surface area contributed by atoms with Gasteiger partial charge in [0.2, 0.25) is 0 Å². The van der Waals surface area contributed by atoms with Crippen molar-refractivity contribution >= 4 is 11.7 Å². The Labute approximate surface area is 132 Å². The van der Waals surface area contributed by atoms with Crippen molar-refractivity contribution in [1.29, 1.82) is 0 Å². The Kier molecular flexibility index (Phi) is 4.90. The SMILES string of the molecule is CN1CCN(NC(=O)c2ccnc(N3CCCCC3)c2)CC1. The van der Waals surface area contributed by atoms with Gasteiger partial charge in [0.25, 0.3) is 5.91 Å². The van der Waals surface area contributed by atoms with Gasteiger partial charge in [0, 0.05) is 51.0 Å². The summed E-state index contributed by atoms with van der Waals surface area (Å²) in [6.07, 6.45) is 5.45. The Bertz CT molecular complexity index is 507. The lowest BCUT2D eigenvalue weighted by Crippen LogP contribution is -2.52. The van der Waals surface area contributed by atoms with Crippen LogP contribution in [0.5, 0.6) is 0 Å². The molecule has 0 atom stereocenters. The van der Waals surface area contributed by atoms with E-state index < -0.39 is 0 Å². The molecular weight excluding hydrogens is 278 g/mol. The quantitative estimate of drug-likeness (QED) is 0.901. The third-order valence-electron chi connectivity index (χ3n) is 4.45. The topological polar surface area (TPSA) is 51.7 Å². The summed E-state index contributed by atoms with van der Waals surface area (Å²) in [6.45, 7) is 5.77. The Balaban J connectivity index is 1.62. The molecule has 1 amide bonds. The number of hydrazine groups is 1. The largest absolute Gasteiger partial charge is 0.357 e. The van der Waals surface area contributed by atoms with Crippen LogP contribution in [-0.4, -0.2) is 67.1 Å². The second-order valence-electron chi connectivity index (χ2n) is 6.18. The normalized spacial score (nSPS) is 20.9. The molecule has 0 saturated carbocycles. The molecule has 1 aromatic rings. The van der Waals surface area contributed by atoms with Gasteiger partial charge in [0.15, 0.2) is 0 Å². The number of carbonyl (C=O) groups is 1. The van der Waals surface area contributed by atoms with E-state index in [-0.39, 0.29) is 5.91 Å². The number of nitrogens with zero attached hydrogens (tertiary/aromatic N) is 4. The van der Waals surface area contributed by atoms with Gasteiger partial charge < -0.3 is 9.80 Å². The van der Waals surface area contributed by atoms with E-state index in [0.717, 1.165) is 45.1 Å².